The second-order valence-corrected chi connectivity index (χ2v) is 9.33. The molecule has 0 unspecified atom stereocenters. The van der Waals surface area contributed by atoms with Gasteiger partial charge in [-0.2, -0.15) is 0 Å². The van der Waals surface area contributed by atoms with Crippen molar-refractivity contribution < 1.29 is 13.9 Å². The number of piperazine rings is 1. The van der Waals surface area contributed by atoms with E-state index in [2.05, 4.69) is 18.7 Å². The molecule has 0 N–H and O–H groups in total. The molecule has 0 bridgehead atoms. The molecule has 0 saturated carbocycles. The van der Waals surface area contributed by atoms with Crippen LogP contribution in [0.2, 0.25) is 0 Å². The van der Waals surface area contributed by atoms with Gasteiger partial charge in [-0.25, -0.2) is 14.4 Å². The third-order valence-corrected chi connectivity index (χ3v) is 6.22. The zero-order valence-corrected chi connectivity index (χ0v) is 20.7. The molecule has 2 aromatic carbocycles. The van der Waals surface area contributed by atoms with Gasteiger partial charge in [0.1, 0.15) is 11.6 Å². The summed E-state index contributed by atoms with van der Waals surface area (Å²) in [4.78, 5) is 26.6. The van der Waals surface area contributed by atoms with Gasteiger partial charge in [0.15, 0.2) is 5.82 Å². The molecule has 1 aromatic heterocycles. The van der Waals surface area contributed by atoms with Gasteiger partial charge in [-0.3, -0.25) is 4.79 Å². The number of benzene rings is 2. The third-order valence-electron chi connectivity index (χ3n) is 6.22. The molecule has 4 rings (SSSR count). The molecule has 1 amide bonds. The van der Waals surface area contributed by atoms with Gasteiger partial charge in [0.2, 0.25) is 5.91 Å². The lowest BCUT2D eigenvalue weighted by Gasteiger charge is -2.37. The maximum absolute atomic E-state index is 14.6. The predicted octanol–water partition coefficient (Wildman–Crippen LogP) is 4.71. The highest BCUT2D eigenvalue weighted by Gasteiger charge is 2.26. The summed E-state index contributed by atoms with van der Waals surface area (Å²) in [5.74, 6) is 1.67. The molecule has 7 heteroatoms. The van der Waals surface area contributed by atoms with E-state index in [-0.39, 0.29) is 11.7 Å². The van der Waals surface area contributed by atoms with Gasteiger partial charge in [-0.15, -0.1) is 0 Å². The minimum Gasteiger partial charge on any atom is -0.378 e. The Morgan fingerprint density at radius 3 is 2.34 bits per heavy atom. The zero-order valence-electron chi connectivity index (χ0n) is 20.7. The molecule has 35 heavy (non-hydrogen) atoms. The first-order valence-electron chi connectivity index (χ1n) is 12.2. The number of halogens is 1. The van der Waals surface area contributed by atoms with Crippen molar-refractivity contribution in [1.29, 1.82) is 0 Å². The lowest BCUT2D eigenvalue weighted by Crippen LogP contribution is -2.49. The number of amides is 1. The fourth-order valence-corrected chi connectivity index (χ4v) is 4.41. The molecular weight excluding hydrogens is 443 g/mol. The van der Waals surface area contributed by atoms with E-state index in [1.807, 2.05) is 41.3 Å². The first-order valence-corrected chi connectivity index (χ1v) is 12.2. The standard InChI is InChI=1S/C28H33FN4O2/c1-20(2)17-26(34)32-13-15-33(16-14-32)28-23(18-22-11-7-8-12-24(22)29)25(19-35-3)30-27(31-28)21-9-5-4-6-10-21/h4-12,20H,13-19H2,1-3H3. The van der Waals surface area contributed by atoms with Crippen LogP contribution in [0, 0.1) is 11.7 Å². The van der Waals surface area contributed by atoms with Crippen LogP contribution in [0.15, 0.2) is 54.6 Å². The molecule has 2 heterocycles. The predicted molar refractivity (Wildman–Crippen MR) is 136 cm³/mol. The van der Waals surface area contributed by atoms with E-state index < -0.39 is 0 Å². The van der Waals surface area contributed by atoms with Crippen molar-refractivity contribution >= 4 is 11.7 Å². The number of carbonyl (C=O) groups is 1. The highest BCUT2D eigenvalue weighted by molar-refractivity contribution is 5.76. The van der Waals surface area contributed by atoms with Crippen LogP contribution in [-0.2, 0) is 22.6 Å². The fraction of sp³-hybridized carbons (Fsp3) is 0.393. The van der Waals surface area contributed by atoms with E-state index in [1.165, 1.54) is 6.07 Å². The van der Waals surface area contributed by atoms with Crippen LogP contribution in [0.4, 0.5) is 10.2 Å². The van der Waals surface area contributed by atoms with Crippen molar-refractivity contribution in [3.8, 4) is 11.4 Å². The van der Waals surface area contributed by atoms with Crippen LogP contribution in [0.25, 0.3) is 11.4 Å². The van der Waals surface area contributed by atoms with E-state index in [0.717, 1.165) is 22.6 Å². The molecular formula is C28H33FN4O2. The SMILES string of the molecule is COCc1nc(-c2ccccc2)nc(N2CCN(C(=O)CC(C)C)CC2)c1Cc1ccccc1F. The quantitative estimate of drug-likeness (QED) is 0.471. The van der Waals surface area contributed by atoms with Gasteiger partial charge in [-0.1, -0.05) is 62.4 Å². The van der Waals surface area contributed by atoms with Crippen LogP contribution in [0.5, 0.6) is 0 Å². The molecule has 0 atom stereocenters. The van der Waals surface area contributed by atoms with Crippen molar-refractivity contribution in [3.63, 3.8) is 0 Å². The Hall–Kier alpha value is -3.32. The second-order valence-electron chi connectivity index (χ2n) is 9.33. The van der Waals surface area contributed by atoms with Crippen molar-refractivity contribution in [3.05, 3.63) is 77.2 Å². The van der Waals surface area contributed by atoms with Gasteiger partial charge in [0, 0.05) is 57.3 Å². The Bertz CT molecular complexity index is 1140. The lowest BCUT2D eigenvalue weighted by molar-refractivity contribution is -0.132. The third kappa shape index (κ3) is 6.03. The van der Waals surface area contributed by atoms with E-state index >= 15 is 0 Å². The highest BCUT2D eigenvalue weighted by atomic mass is 19.1. The fourth-order valence-electron chi connectivity index (χ4n) is 4.41. The summed E-state index contributed by atoms with van der Waals surface area (Å²) in [7, 11) is 1.63. The van der Waals surface area contributed by atoms with Crippen LogP contribution in [0.3, 0.4) is 0 Å². The largest absolute Gasteiger partial charge is 0.378 e. The number of hydrogen-bond donors (Lipinski definition) is 0. The van der Waals surface area contributed by atoms with E-state index in [1.54, 1.807) is 19.2 Å². The van der Waals surface area contributed by atoms with Gasteiger partial charge >= 0.3 is 0 Å². The van der Waals surface area contributed by atoms with Crippen molar-refractivity contribution in [2.75, 3.05) is 38.2 Å². The van der Waals surface area contributed by atoms with Gasteiger partial charge < -0.3 is 14.5 Å². The van der Waals surface area contributed by atoms with Crippen LogP contribution < -0.4 is 4.90 Å². The maximum Gasteiger partial charge on any atom is 0.222 e. The molecule has 0 spiro atoms. The summed E-state index contributed by atoms with van der Waals surface area (Å²) < 4.78 is 20.1. The molecule has 0 radical (unpaired) electrons. The summed E-state index contributed by atoms with van der Waals surface area (Å²) in [6, 6.07) is 16.6. The normalized spacial score (nSPS) is 14.0. The number of methoxy groups -OCH3 is 1. The number of carbonyl (C=O) groups excluding carboxylic acids is 1. The Morgan fingerprint density at radius 2 is 1.69 bits per heavy atom. The molecule has 184 valence electrons. The average molecular weight is 477 g/mol. The molecule has 3 aromatic rings. The Kier molecular flexibility index (Phi) is 8.08. The number of ether oxygens (including phenoxy) is 1. The number of rotatable bonds is 8. The van der Waals surface area contributed by atoms with Crippen molar-refractivity contribution in [1.82, 2.24) is 14.9 Å². The van der Waals surface area contributed by atoms with E-state index in [4.69, 9.17) is 14.7 Å². The van der Waals surface area contributed by atoms with Gasteiger partial charge in [0.25, 0.3) is 0 Å². The summed E-state index contributed by atoms with van der Waals surface area (Å²) >= 11 is 0. The van der Waals surface area contributed by atoms with E-state index in [0.29, 0.717) is 62.9 Å². The van der Waals surface area contributed by atoms with Gasteiger partial charge in [-0.05, 0) is 17.5 Å². The maximum atomic E-state index is 14.6. The molecule has 1 aliphatic rings. The van der Waals surface area contributed by atoms with E-state index in [9.17, 15) is 9.18 Å². The molecule has 1 aliphatic heterocycles. The second kappa shape index (κ2) is 11.4. The topological polar surface area (TPSA) is 58.6 Å². The summed E-state index contributed by atoms with van der Waals surface area (Å²) in [6.45, 7) is 7.01. The zero-order chi connectivity index (χ0) is 24.8. The number of hydrogen-bond acceptors (Lipinski definition) is 5. The number of aromatic nitrogens is 2. The average Bonchev–Trinajstić information content (AvgIpc) is 2.86. The Morgan fingerprint density at radius 1 is 1.00 bits per heavy atom. The molecule has 0 aliphatic carbocycles. The molecule has 1 fully saturated rings. The Labute approximate surface area is 206 Å². The van der Waals surface area contributed by atoms with Gasteiger partial charge in [0.05, 0.1) is 12.3 Å². The first-order chi connectivity index (χ1) is 17.0. The minimum absolute atomic E-state index is 0.193. The lowest BCUT2D eigenvalue weighted by atomic mass is 10.0. The van der Waals surface area contributed by atoms with Crippen LogP contribution >= 0.6 is 0 Å². The number of nitrogens with zero attached hydrogens (tertiary/aromatic N) is 4. The Balaban J connectivity index is 1.72. The van der Waals surface area contributed by atoms with Crippen molar-refractivity contribution in [2.24, 2.45) is 5.92 Å². The first kappa shape index (κ1) is 24.8. The summed E-state index contributed by atoms with van der Waals surface area (Å²) in [6.07, 6.45) is 0.921. The van der Waals surface area contributed by atoms with Crippen molar-refractivity contribution in [2.45, 2.75) is 33.3 Å². The number of anilines is 1. The summed E-state index contributed by atoms with van der Waals surface area (Å²) in [5, 5.41) is 0. The highest BCUT2D eigenvalue weighted by Crippen LogP contribution is 2.30. The smallest absolute Gasteiger partial charge is 0.222 e. The van der Waals surface area contributed by atoms with Crippen LogP contribution in [0.1, 0.15) is 37.1 Å². The summed E-state index contributed by atoms with van der Waals surface area (Å²) in [5.41, 5.74) is 3.11. The molecule has 1 saturated heterocycles. The minimum atomic E-state index is -0.252. The molecule has 6 nitrogen and oxygen atoms in total. The van der Waals surface area contributed by atoms with Crippen LogP contribution in [-0.4, -0.2) is 54.1 Å². The monoisotopic (exact) mass is 476 g/mol.